The fourth-order valence-corrected chi connectivity index (χ4v) is 2.09. The monoisotopic (exact) mass is 244 g/mol. The summed E-state index contributed by atoms with van der Waals surface area (Å²) >= 11 is 0. The molecule has 0 heterocycles. The average Bonchev–Trinajstić information content (AvgIpc) is 2.36. The Bertz CT molecular complexity index is 491. The van der Waals surface area contributed by atoms with E-state index in [1.165, 1.54) is 17.7 Å². The maximum Gasteiger partial charge on any atom is 0.123 e. The van der Waals surface area contributed by atoms with Crippen molar-refractivity contribution in [3.63, 3.8) is 0 Å². The summed E-state index contributed by atoms with van der Waals surface area (Å²) in [5.74, 6) is 5.36. The first-order valence-corrected chi connectivity index (χ1v) is 5.96. The Morgan fingerprint density at radius 3 is 2.50 bits per heavy atom. The maximum absolute atomic E-state index is 13.4. The Kier molecular flexibility index (Phi) is 4.07. The van der Waals surface area contributed by atoms with Gasteiger partial charge in [0.15, 0.2) is 0 Å². The lowest BCUT2D eigenvalue weighted by molar-refractivity contribution is 0.544. The molecule has 1 unspecified atom stereocenters. The molecule has 3 N–H and O–H groups in total. The van der Waals surface area contributed by atoms with Crippen molar-refractivity contribution in [3.8, 4) is 0 Å². The summed E-state index contributed by atoms with van der Waals surface area (Å²) in [4.78, 5) is 0. The summed E-state index contributed by atoms with van der Waals surface area (Å²) in [6.45, 7) is 1.88. The molecule has 0 aliphatic carbocycles. The van der Waals surface area contributed by atoms with Crippen molar-refractivity contribution < 1.29 is 4.39 Å². The minimum absolute atomic E-state index is 0.0817. The van der Waals surface area contributed by atoms with Gasteiger partial charge in [-0.15, -0.1) is 0 Å². The zero-order valence-corrected chi connectivity index (χ0v) is 10.4. The van der Waals surface area contributed by atoms with E-state index in [0.717, 1.165) is 17.5 Å². The lowest BCUT2D eigenvalue weighted by Crippen LogP contribution is -2.29. The first-order chi connectivity index (χ1) is 8.69. The van der Waals surface area contributed by atoms with Crippen LogP contribution in [0.15, 0.2) is 48.5 Å². The highest BCUT2D eigenvalue weighted by atomic mass is 19.1. The van der Waals surface area contributed by atoms with Crippen molar-refractivity contribution in [3.05, 3.63) is 71.0 Å². The van der Waals surface area contributed by atoms with E-state index in [-0.39, 0.29) is 11.9 Å². The van der Waals surface area contributed by atoms with Crippen LogP contribution in [0, 0.1) is 12.7 Å². The fraction of sp³-hybridized carbons (Fsp3) is 0.200. The van der Waals surface area contributed by atoms with Crippen molar-refractivity contribution in [1.82, 2.24) is 5.43 Å². The molecule has 1 atom stereocenters. The molecule has 2 nitrogen and oxygen atoms in total. The zero-order chi connectivity index (χ0) is 13.0. The van der Waals surface area contributed by atoms with Crippen LogP contribution in [0.25, 0.3) is 0 Å². The number of aryl methyl sites for hydroxylation is 1. The number of halogens is 1. The molecule has 94 valence electrons. The molecule has 0 fully saturated rings. The Hall–Kier alpha value is -1.71. The summed E-state index contributed by atoms with van der Waals surface area (Å²) in [6, 6.07) is 14.9. The van der Waals surface area contributed by atoms with Gasteiger partial charge >= 0.3 is 0 Å². The topological polar surface area (TPSA) is 38.0 Å². The molecule has 0 aliphatic heterocycles. The van der Waals surface area contributed by atoms with Crippen LogP contribution in [0.1, 0.15) is 22.7 Å². The molecule has 0 radical (unpaired) electrons. The summed E-state index contributed by atoms with van der Waals surface area (Å²) in [7, 11) is 0. The molecule has 18 heavy (non-hydrogen) atoms. The third-order valence-electron chi connectivity index (χ3n) is 2.95. The number of hydrazine groups is 1. The van der Waals surface area contributed by atoms with Gasteiger partial charge in [-0.25, -0.2) is 4.39 Å². The van der Waals surface area contributed by atoms with Crippen LogP contribution < -0.4 is 11.3 Å². The predicted molar refractivity (Wildman–Crippen MR) is 71.3 cm³/mol. The number of hydrogen-bond acceptors (Lipinski definition) is 2. The van der Waals surface area contributed by atoms with Gasteiger partial charge in [0.2, 0.25) is 0 Å². The second-order valence-electron chi connectivity index (χ2n) is 4.47. The second kappa shape index (κ2) is 5.76. The van der Waals surface area contributed by atoms with Crippen molar-refractivity contribution in [2.75, 3.05) is 0 Å². The van der Waals surface area contributed by atoms with Gasteiger partial charge in [-0.3, -0.25) is 11.3 Å². The fourth-order valence-electron chi connectivity index (χ4n) is 2.09. The van der Waals surface area contributed by atoms with Gasteiger partial charge in [0.1, 0.15) is 5.82 Å². The molecule has 2 aromatic carbocycles. The minimum atomic E-state index is -0.224. The van der Waals surface area contributed by atoms with E-state index in [9.17, 15) is 4.39 Å². The molecule has 0 saturated carbocycles. The number of nitrogens with two attached hydrogens (primary N) is 1. The van der Waals surface area contributed by atoms with E-state index in [1.807, 2.05) is 43.3 Å². The van der Waals surface area contributed by atoms with Crippen LogP contribution in [0.3, 0.4) is 0 Å². The number of benzene rings is 2. The smallest absolute Gasteiger partial charge is 0.123 e. The molecule has 0 amide bonds. The van der Waals surface area contributed by atoms with Crippen molar-refractivity contribution >= 4 is 0 Å². The Morgan fingerprint density at radius 1 is 1.17 bits per heavy atom. The van der Waals surface area contributed by atoms with Gasteiger partial charge in [-0.2, -0.15) is 0 Å². The number of hydrogen-bond donors (Lipinski definition) is 2. The molecule has 0 spiro atoms. The Labute approximate surface area is 107 Å². The van der Waals surface area contributed by atoms with E-state index in [0.29, 0.717) is 0 Å². The third-order valence-corrected chi connectivity index (χ3v) is 2.95. The molecule has 2 aromatic rings. The summed E-state index contributed by atoms with van der Waals surface area (Å²) in [5, 5.41) is 0. The average molecular weight is 244 g/mol. The number of nitrogens with one attached hydrogen (secondary N) is 1. The van der Waals surface area contributed by atoms with Crippen molar-refractivity contribution in [1.29, 1.82) is 0 Å². The highest BCUT2D eigenvalue weighted by Gasteiger charge is 2.11. The Balaban J connectivity index is 2.23. The predicted octanol–water partition coefficient (Wildman–Crippen LogP) is 2.88. The van der Waals surface area contributed by atoms with Crippen molar-refractivity contribution in [2.24, 2.45) is 5.84 Å². The molecule has 3 heteroatoms. The van der Waals surface area contributed by atoms with E-state index < -0.39 is 0 Å². The SMILES string of the molecule is Cc1cc(F)cc(C(Cc2ccccc2)NN)c1. The van der Waals surface area contributed by atoms with Gasteiger partial charge in [0.05, 0.1) is 6.04 Å². The molecule has 2 rings (SSSR count). The Morgan fingerprint density at radius 2 is 1.89 bits per heavy atom. The van der Waals surface area contributed by atoms with E-state index in [4.69, 9.17) is 5.84 Å². The highest BCUT2D eigenvalue weighted by molar-refractivity contribution is 5.28. The summed E-state index contributed by atoms with van der Waals surface area (Å²) in [6.07, 6.45) is 0.736. The van der Waals surface area contributed by atoms with Gasteiger partial charge in [0, 0.05) is 0 Å². The van der Waals surface area contributed by atoms with Gasteiger partial charge < -0.3 is 0 Å². The lowest BCUT2D eigenvalue weighted by atomic mass is 9.98. The quantitative estimate of drug-likeness (QED) is 0.641. The van der Waals surface area contributed by atoms with Gasteiger partial charge in [-0.05, 0) is 42.2 Å². The zero-order valence-electron chi connectivity index (χ0n) is 10.4. The normalized spacial score (nSPS) is 12.4. The van der Waals surface area contributed by atoms with Crippen LogP contribution in [0.4, 0.5) is 4.39 Å². The molecule has 0 saturated heterocycles. The van der Waals surface area contributed by atoms with E-state index in [1.54, 1.807) is 0 Å². The van der Waals surface area contributed by atoms with Crippen molar-refractivity contribution in [2.45, 2.75) is 19.4 Å². The maximum atomic E-state index is 13.4. The summed E-state index contributed by atoms with van der Waals surface area (Å²) < 4.78 is 13.4. The van der Waals surface area contributed by atoms with Crippen LogP contribution in [0.5, 0.6) is 0 Å². The highest BCUT2D eigenvalue weighted by Crippen LogP contribution is 2.20. The van der Waals surface area contributed by atoms with Crippen LogP contribution in [0.2, 0.25) is 0 Å². The molecule has 0 aromatic heterocycles. The first-order valence-electron chi connectivity index (χ1n) is 5.96. The largest absolute Gasteiger partial charge is 0.271 e. The molecule has 0 aliphatic rings. The van der Waals surface area contributed by atoms with E-state index >= 15 is 0 Å². The standard InChI is InChI=1S/C15H17FN2/c1-11-7-13(10-14(16)8-11)15(18-17)9-12-5-3-2-4-6-12/h2-8,10,15,18H,9,17H2,1H3. The number of rotatable bonds is 4. The first kappa shape index (κ1) is 12.7. The van der Waals surface area contributed by atoms with E-state index in [2.05, 4.69) is 5.43 Å². The lowest BCUT2D eigenvalue weighted by Gasteiger charge is -2.17. The molecular weight excluding hydrogens is 227 g/mol. The molecule has 0 bridgehead atoms. The second-order valence-corrected chi connectivity index (χ2v) is 4.47. The minimum Gasteiger partial charge on any atom is -0.271 e. The van der Waals surface area contributed by atoms with Gasteiger partial charge in [0.25, 0.3) is 0 Å². The summed E-state index contributed by atoms with van der Waals surface area (Å²) in [5.41, 5.74) is 5.70. The van der Waals surface area contributed by atoms with Crippen LogP contribution in [-0.2, 0) is 6.42 Å². The van der Waals surface area contributed by atoms with Crippen LogP contribution >= 0.6 is 0 Å². The third kappa shape index (κ3) is 3.15. The molecular formula is C15H17FN2. The van der Waals surface area contributed by atoms with Gasteiger partial charge in [-0.1, -0.05) is 36.4 Å². The van der Waals surface area contributed by atoms with Crippen LogP contribution in [-0.4, -0.2) is 0 Å².